The van der Waals surface area contributed by atoms with Crippen LogP contribution >= 0.6 is 22.6 Å². The van der Waals surface area contributed by atoms with E-state index in [0.717, 1.165) is 4.43 Å². The molecule has 54 valence electrons. The summed E-state index contributed by atoms with van der Waals surface area (Å²) in [5.41, 5.74) is 0. The molecule has 1 aliphatic rings. The van der Waals surface area contributed by atoms with Crippen LogP contribution in [-0.2, 0) is 4.74 Å². The van der Waals surface area contributed by atoms with Crippen LogP contribution in [0.4, 0.5) is 0 Å². The van der Waals surface area contributed by atoms with Crippen molar-refractivity contribution < 1.29 is 14.9 Å². The summed E-state index contributed by atoms with van der Waals surface area (Å²) in [6.07, 6.45) is -1.04. The molecule has 1 fully saturated rings. The number of hydrogen-bond acceptors (Lipinski definition) is 3. The Morgan fingerprint density at radius 3 is 2.44 bits per heavy atom. The fourth-order valence-electron chi connectivity index (χ4n) is 0.846. The summed E-state index contributed by atoms with van der Waals surface area (Å²) < 4.78 is 5.65. The Morgan fingerprint density at radius 2 is 2.22 bits per heavy atom. The summed E-state index contributed by atoms with van der Waals surface area (Å²) in [5, 5.41) is 17.9. The first kappa shape index (κ1) is 7.71. The van der Waals surface area contributed by atoms with Crippen molar-refractivity contribution in [2.45, 2.75) is 24.9 Å². The Morgan fingerprint density at radius 1 is 1.56 bits per heavy atom. The topological polar surface area (TPSA) is 49.7 Å². The molecule has 0 aromatic rings. The van der Waals surface area contributed by atoms with E-state index in [1.165, 1.54) is 0 Å². The van der Waals surface area contributed by atoms with Crippen molar-refractivity contribution in [3.8, 4) is 0 Å². The van der Waals surface area contributed by atoms with Gasteiger partial charge in [-0.2, -0.15) is 0 Å². The first-order chi connectivity index (χ1) is 4.24. The molecule has 0 bridgehead atoms. The molecule has 2 N–H and O–H groups in total. The maximum atomic E-state index is 9.07. The largest absolute Gasteiger partial charge is 0.390 e. The predicted molar refractivity (Wildman–Crippen MR) is 40.4 cm³/mol. The van der Waals surface area contributed by atoms with Crippen LogP contribution in [0, 0.1) is 0 Å². The first-order valence-electron chi connectivity index (χ1n) is 2.81. The molecule has 0 aliphatic carbocycles. The fraction of sp³-hybridized carbons (Fsp3) is 1.00. The van der Waals surface area contributed by atoms with Gasteiger partial charge in [0.15, 0.2) is 6.29 Å². The molecule has 1 heterocycles. The SMILES string of the molecule is O[C@@H]1C[C@H](O)[C@@H](CI)O1. The molecule has 1 aliphatic heterocycles. The lowest BCUT2D eigenvalue weighted by atomic mass is 10.2. The van der Waals surface area contributed by atoms with Gasteiger partial charge in [-0.15, -0.1) is 0 Å². The molecule has 3 nitrogen and oxygen atoms in total. The van der Waals surface area contributed by atoms with Gasteiger partial charge in [-0.1, -0.05) is 22.6 Å². The lowest BCUT2D eigenvalue weighted by Gasteiger charge is -2.07. The van der Waals surface area contributed by atoms with Gasteiger partial charge in [0, 0.05) is 10.8 Å². The number of rotatable bonds is 1. The highest BCUT2D eigenvalue weighted by molar-refractivity contribution is 14.1. The average molecular weight is 244 g/mol. The van der Waals surface area contributed by atoms with Gasteiger partial charge in [0.05, 0.1) is 12.2 Å². The predicted octanol–water partition coefficient (Wildman–Crippen LogP) is -0.110. The van der Waals surface area contributed by atoms with Crippen LogP contribution in [0.2, 0.25) is 0 Å². The van der Waals surface area contributed by atoms with Crippen molar-refractivity contribution in [2.24, 2.45) is 0 Å². The molecular weight excluding hydrogens is 235 g/mol. The summed E-state index contributed by atoms with van der Waals surface area (Å²) >= 11 is 2.12. The quantitative estimate of drug-likeness (QED) is 0.499. The number of hydrogen-bond donors (Lipinski definition) is 2. The Bertz CT molecular complexity index is 98.2. The Labute approximate surface area is 67.2 Å². The van der Waals surface area contributed by atoms with Gasteiger partial charge in [0.25, 0.3) is 0 Å². The maximum Gasteiger partial charge on any atom is 0.157 e. The van der Waals surface area contributed by atoms with Crippen molar-refractivity contribution in [1.29, 1.82) is 0 Å². The van der Waals surface area contributed by atoms with E-state index in [9.17, 15) is 0 Å². The fourth-order valence-corrected chi connectivity index (χ4v) is 1.64. The first-order valence-corrected chi connectivity index (χ1v) is 4.34. The summed E-state index contributed by atoms with van der Waals surface area (Å²) in [5.74, 6) is 0. The van der Waals surface area contributed by atoms with Gasteiger partial charge in [-0.3, -0.25) is 0 Å². The van der Waals surface area contributed by atoms with Gasteiger partial charge < -0.3 is 14.9 Å². The number of aliphatic hydroxyl groups is 2. The highest BCUT2D eigenvalue weighted by atomic mass is 127. The van der Waals surface area contributed by atoms with Gasteiger partial charge in [-0.25, -0.2) is 0 Å². The third-order valence-electron chi connectivity index (χ3n) is 1.36. The Balaban J connectivity index is 2.38. The van der Waals surface area contributed by atoms with Crippen molar-refractivity contribution in [3.63, 3.8) is 0 Å². The number of alkyl halides is 1. The average Bonchev–Trinajstić information content (AvgIpc) is 2.10. The molecule has 0 spiro atoms. The molecule has 0 amide bonds. The number of ether oxygens (including phenoxy) is 1. The maximum absolute atomic E-state index is 9.07. The van der Waals surface area contributed by atoms with E-state index in [1.807, 2.05) is 0 Å². The van der Waals surface area contributed by atoms with Crippen LogP contribution in [0.3, 0.4) is 0 Å². The van der Waals surface area contributed by atoms with Gasteiger partial charge in [-0.05, 0) is 0 Å². The second-order valence-corrected chi connectivity index (χ2v) is 2.97. The highest BCUT2D eigenvalue weighted by Crippen LogP contribution is 2.19. The van der Waals surface area contributed by atoms with Crippen molar-refractivity contribution in [1.82, 2.24) is 0 Å². The van der Waals surface area contributed by atoms with Crippen LogP contribution in [0.5, 0.6) is 0 Å². The van der Waals surface area contributed by atoms with Crippen molar-refractivity contribution >= 4 is 22.6 Å². The molecule has 0 radical (unpaired) electrons. The second kappa shape index (κ2) is 3.14. The van der Waals surface area contributed by atoms with Crippen LogP contribution in [0.25, 0.3) is 0 Å². The van der Waals surface area contributed by atoms with Crippen molar-refractivity contribution in [3.05, 3.63) is 0 Å². The minimum atomic E-state index is -0.750. The van der Waals surface area contributed by atoms with Crippen LogP contribution in [0.1, 0.15) is 6.42 Å². The van der Waals surface area contributed by atoms with E-state index < -0.39 is 12.4 Å². The summed E-state index contributed by atoms with van der Waals surface area (Å²) in [4.78, 5) is 0. The summed E-state index contributed by atoms with van der Waals surface area (Å²) in [6, 6.07) is 0. The van der Waals surface area contributed by atoms with Gasteiger partial charge >= 0.3 is 0 Å². The normalized spacial score (nSPS) is 43.7. The molecule has 0 saturated carbocycles. The minimum Gasteiger partial charge on any atom is -0.390 e. The Hall–Kier alpha value is 0.610. The van der Waals surface area contributed by atoms with Crippen LogP contribution < -0.4 is 0 Å². The van der Waals surface area contributed by atoms with E-state index >= 15 is 0 Å². The summed E-state index contributed by atoms with van der Waals surface area (Å²) in [7, 11) is 0. The third-order valence-corrected chi connectivity index (χ3v) is 2.22. The standard InChI is InChI=1S/C5H9IO3/c6-2-4-3(7)1-5(8)9-4/h3-5,7-8H,1-2H2/t3-,4+,5-/m0/s1. The van der Waals surface area contributed by atoms with E-state index in [4.69, 9.17) is 14.9 Å². The second-order valence-electron chi connectivity index (χ2n) is 2.09. The monoisotopic (exact) mass is 244 g/mol. The van der Waals surface area contributed by atoms with E-state index in [0.29, 0.717) is 6.42 Å². The van der Waals surface area contributed by atoms with E-state index in [1.54, 1.807) is 0 Å². The Kier molecular flexibility index (Phi) is 2.69. The van der Waals surface area contributed by atoms with Gasteiger partial charge in [0.1, 0.15) is 0 Å². The molecule has 4 heteroatoms. The zero-order chi connectivity index (χ0) is 6.85. The summed E-state index contributed by atoms with van der Waals surface area (Å²) in [6.45, 7) is 0. The third kappa shape index (κ3) is 1.76. The molecule has 0 aromatic heterocycles. The van der Waals surface area contributed by atoms with Crippen LogP contribution in [-0.4, -0.2) is 33.1 Å². The molecular formula is C5H9IO3. The zero-order valence-corrected chi connectivity index (χ0v) is 6.98. The highest BCUT2D eigenvalue weighted by Gasteiger charge is 2.31. The molecule has 9 heavy (non-hydrogen) atoms. The smallest absolute Gasteiger partial charge is 0.157 e. The molecule has 1 rings (SSSR count). The minimum absolute atomic E-state index is 0.166. The van der Waals surface area contributed by atoms with Gasteiger partial charge in [0.2, 0.25) is 0 Å². The van der Waals surface area contributed by atoms with Crippen LogP contribution in [0.15, 0.2) is 0 Å². The van der Waals surface area contributed by atoms with E-state index in [2.05, 4.69) is 22.6 Å². The molecule has 3 atom stereocenters. The lowest BCUT2D eigenvalue weighted by molar-refractivity contribution is -0.0866. The number of halogens is 1. The molecule has 1 saturated heterocycles. The molecule has 0 unspecified atom stereocenters. The molecule has 0 aromatic carbocycles. The lowest BCUT2D eigenvalue weighted by Crippen LogP contribution is -2.21. The zero-order valence-electron chi connectivity index (χ0n) is 4.83. The van der Waals surface area contributed by atoms with Crippen molar-refractivity contribution in [2.75, 3.05) is 4.43 Å². The number of aliphatic hydroxyl groups excluding tert-OH is 2. The van der Waals surface area contributed by atoms with E-state index in [-0.39, 0.29) is 6.10 Å².